The highest BCUT2D eigenvalue weighted by atomic mass is 32.2. The van der Waals surface area contributed by atoms with Gasteiger partial charge in [-0.05, 0) is 50.1 Å². The molecule has 0 atom stereocenters. The molecule has 7 nitrogen and oxygen atoms in total. The van der Waals surface area contributed by atoms with E-state index >= 15 is 0 Å². The van der Waals surface area contributed by atoms with E-state index in [2.05, 4.69) is 10.3 Å². The summed E-state index contributed by atoms with van der Waals surface area (Å²) in [5.41, 5.74) is 2.42. The first kappa shape index (κ1) is 20.3. The van der Waals surface area contributed by atoms with Crippen molar-refractivity contribution in [3.05, 3.63) is 47.8 Å². The number of hydrogen-bond acceptors (Lipinski definition) is 5. The lowest BCUT2D eigenvalue weighted by atomic mass is 10.2. The standard InChI is InChI=1S/C20H26N4O3S/c1-15-7-8-16(14-21-15)20(25)22-18-13-17(9-10-19(18)23(2)3)28(26,27)24-11-5-4-6-12-24/h7-10,13-14H,4-6,11-12H2,1-3H3,(H,22,25). The van der Waals surface area contributed by atoms with Gasteiger partial charge in [0.05, 0.1) is 21.8 Å². The monoisotopic (exact) mass is 402 g/mol. The molecule has 3 rings (SSSR count). The second kappa shape index (κ2) is 8.28. The van der Waals surface area contributed by atoms with Gasteiger partial charge in [0.15, 0.2) is 0 Å². The van der Waals surface area contributed by atoms with Crippen LogP contribution in [0.15, 0.2) is 41.4 Å². The van der Waals surface area contributed by atoms with Gasteiger partial charge in [-0.15, -0.1) is 0 Å². The predicted octanol–water partition coefficient (Wildman–Crippen LogP) is 2.88. The summed E-state index contributed by atoms with van der Waals surface area (Å²) in [6.45, 7) is 2.92. The normalized spacial score (nSPS) is 15.2. The van der Waals surface area contributed by atoms with E-state index in [-0.39, 0.29) is 10.8 Å². The van der Waals surface area contributed by atoms with Gasteiger partial charge in [-0.2, -0.15) is 4.31 Å². The van der Waals surface area contributed by atoms with Crippen molar-refractivity contribution in [1.29, 1.82) is 0 Å². The smallest absolute Gasteiger partial charge is 0.257 e. The van der Waals surface area contributed by atoms with Gasteiger partial charge in [0.2, 0.25) is 10.0 Å². The summed E-state index contributed by atoms with van der Waals surface area (Å²) in [5, 5.41) is 2.84. The van der Waals surface area contributed by atoms with Gasteiger partial charge in [-0.1, -0.05) is 6.42 Å². The van der Waals surface area contributed by atoms with Crippen molar-refractivity contribution in [2.45, 2.75) is 31.1 Å². The van der Waals surface area contributed by atoms with Gasteiger partial charge in [0, 0.05) is 39.1 Å². The molecular weight excluding hydrogens is 376 g/mol. The highest BCUT2D eigenvalue weighted by Gasteiger charge is 2.27. The Bertz CT molecular complexity index is 950. The van der Waals surface area contributed by atoms with E-state index in [1.165, 1.54) is 10.5 Å². The van der Waals surface area contributed by atoms with Gasteiger partial charge in [-0.25, -0.2) is 8.42 Å². The first-order chi connectivity index (χ1) is 13.3. The zero-order valence-corrected chi connectivity index (χ0v) is 17.3. The lowest BCUT2D eigenvalue weighted by Crippen LogP contribution is -2.35. The molecule has 1 fully saturated rings. The quantitative estimate of drug-likeness (QED) is 0.832. The van der Waals surface area contributed by atoms with Gasteiger partial charge in [0.25, 0.3) is 5.91 Å². The second-order valence-electron chi connectivity index (χ2n) is 7.18. The molecule has 0 spiro atoms. The highest BCUT2D eigenvalue weighted by Crippen LogP contribution is 2.30. The largest absolute Gasteiger partial charge is 0.376 e. The summed E-state index contributed by atoms with van der Waals surface area (Å²) >= 11 is 0. The summed E-state index contributed by atoms with van der Waals surface area (Å²) in [4.78, 5) is 18.8. The molecule has 0 radical (unpaired) electrons. The third-order valence-electron chi connectivity index (χ3n) is 4.82. The van der Waals surface area contributed by atoms with Crippen LogP contribution in [0.5, 0.6) is 0 Å². The average molecular weight is 403 g/mol. The fourth-order valence-electron chi connectivity index (χ4n) is 3.22. The van der Waals surface area contributed by atoms with Crippen molar-refractivity contribution in [3.63, 3.8) is 0 Å². The number of aromatic nitrogens is 1. The van der Waals surface area contributed by atoms with E-state index in [0.29, 0.717) is 24.3 Å². The van der Waals surface area contributed by atoms with Crippen molar-refractivity contribution >= 4 is 27.3 Å². The van der Waals surface area contributed by atoms with Crippen LogP contribution >= 0.6 is 0 Å². The Morgan fingerprint density at radius 3 is 2.43 bits per heavy atom. The van der Waals surface area contributed by atoms with Crippen LogP contribution < -0.4 is 10.2 Å². The number of sulfonamides is 1. The van der Waals surface area contributed by atoms with Crippen LogP contribution in [0.4, 0.5) is 11.4 Å². The van der Waals surface area contributed by atoms with Gasteiger partial charge in [-0.3, -0.25) is 9.78 Å². The van der Waals surface area contributed by atoms with Gasteiger partial charge in [0.1, 0.15) is 0 Å². The van der Waals surface area contributed by atoms with Crippen molar-refractivity contribution < 1.29 is 13.2 Å². The molecule has 1 N–H and O–H groups in total. The number of anilines is 2. The van der Waals surface area contributed by atoms with Crippen molar-refractivity contribution in [1.82, 2.24) is 9.29 Å². The molecule has 1 aromatic heterocycles. The van der Waals surface area contributed by atoms with E-state index in [0.717, 1.165) is 30.6 Å². The molecule has 0 aliphatic carbocycles. The molecule has 1 aliphatic rings. The lowest BCUT2D eigenvalue weighted by molar-refractivity contribution is 0.102. The topological polar surface area (TPSA) is 82.6 Å². The molecule has 0 unspecified atom stereocenters. The first-order valence-electron chi connectivity index (χ1n) is 9.34. The SMILES string of the molecule is Cc1ccc(C(=O)Nc2cc(S(=O)(=O)N3CCCCC3)ccc2N(C)C)cn1. The molecule has 1 aliphatic heterocycles. The molecule has 0 saturated carbocycles. The summed E-state index contributed by atoms with van der Waals surface area (Å²) in [5.74, 6) is -0.330. The number of nitrogens with one attached hydrogen (secondary N) is 1. The number of benzene rings is 1. The maximum atomic E-state index is 13.0. The minimum atomic E-state index is -3.58. The minimum Gasteiger partial charge on any atom is -0.376 e. The Labute approximate surface area is 166 Å². The summed E-state index contributed by atoms with van der Waals surface area (Å²) in [6, 6.07) is 8.32. The van der Waals surface area contributed by atoms with E-state index in [9.17, 15) is 13.2 Å². The van der Waals surface area contributed by atoms with E-state index in [1.54, 1.807) is 30.3 Å². The fourth-order valence-corrected chi connectivity index (χ4v) is 4.76. The minimum absolute atomic E-state index is 0.192. The molecule has 1 amide bonds. The lowest BCUT2D eigenvalue weighted by Gasteiger charge is -2.26. The zero-order chi connectivity index (χ0) is 20.3. The molecule has 8 heteroatoms. The Hall–Kier alpha value is -2.45. The van der Waals surface area contributed by atoms with Crippen LogP contribution in [0, 0.1) is 6.92 Å². The number of carbonyl (C=O) groups is 1. The average Bonchev–Trinajstić information content (AvgIpc) is 2.69. The number of carbonyl (C=O) groups excluding carboxylic acids is 1. The molecule has 150 valence electrons. The molecule has 2 aromatic rings. The van der Waals surface area contributed by atoms with Crippen LogP contribution in [0.2, 0.25) is 0 Å². The Balaban J connectivity index is 1.93. The first-order valence-corrected chi connectivity index (χ1v) is 10.8. The van der Waals surface area contributed by atoms with Crippen LogP contribution in [0.25, 0.3) is 0 Å². The Kier molecular flexibility index (Phi) is 6.00. The van der Waals surface area contributed by atoms with E-state index < -0.39 is 10.0 Å². The fraction of sp³-hybridized carbons (Fsp3) is 0.400. The second-order valence-corrected chi connectivity index (χ2v) is 9.12. The van der Waals surface area contributed by atoms with Crippen molar-refractivity contribution in [2.75, 3.05) is 37.4 Å². The number of hydrogen-bond donors (Lipinski definition) is 1. The molecule has 28 heavy (non-hydrogen) atoms. The van der Waals surface area contributed by atoms with Crippen LogP contribution in [0.1, 0.15) is 35.3 Å². The van der Waals surface area contributed by atoms with Crippen LogP contribution in [0.3, 0.4) is 0 Å². The van der Waals surface area contributed by atoms with E-state index in [1.807, 2.05) is 25.9 Å². The number of pyridine rings is 1. The van der Waals surface area contributed by atoms with E-state index in [4.69, 9.17) is 0 Å². The van der Waals surface area contributed by atoms with Crippen molar-refractivity contribution in [3.8, 4) is 0 Å². The molecule has 1 saturated heterocycles. The number of piperidine rings is 1. The number of rotatable bonds is 5. The maximum absolute atomic E-state index is 13.0. The Morgan fingerprint density at radius 2 is 1.82 bits per heavy atom. The number of aryl methyl sites for hydroxylation is 1. The molecular formula is C20H26N4O3S. The molecule has 1 aromatic carbocycles. The maximum Gasteiger partial charge on any atom is 0.257 e. The summed E-state index contributed by atoms with van der Waals surface area (Å²) in [6.07, 6.45) is 4.31. The van der Waals surface area contributed by atoms with Gasteiger partial charge < -0.3 is 10.2 Å². The van der Waals surface area contributed by atoms with Crippen LogP contribution in [-0.4, -0.2) is 50.8 Å². The van der Waals surface area contributed by atoms with Crippen LogP contribution in [-0.2, 0) is 10.0 Å². The predicted molar refractivity (Wildman–Crippen MR) is 110 cm³/mol. The van der Waals surface area contributed by atoms with Gasteiger partial charge >= 0.3 is 0 Å². The Morgan fingerprint density at radius 1 is 1.11 bits per heavy atom. The molecule has 2 heterocycles. The summed E-state index contributed by atoms with van der Waals surface area (Å²) < 4.78 is 27.5. The number of amides is 1. The third-order valence-corrected chi connectivity index (χ3v) is 6.72. The zero-order valence-electron chi connectivity index (χ0n) is 16.5. The highest BCUT2D eigenvalue weighted by molar-refractivity contribution is 7.89. The third kappa shape index (κ3) is 4.34. The number of nitrogens with zero attached hydrogens (tertiary/aromatic N) is 3. The molecule has 0 bridgehead atoms. The van der Waals surface area contributed by atoms with Crippen molar-refractivity contribution in [2.24, 2.45) is 0 Å². The summed E-state index contributed by atoms with van der Waals surface area (Å²) in [7, 11) is 0.107.